The molecule has 1 aromatic carbocycles. The Hall–Kier alpha value is -1.10. The van der Waals surface area contributed by atoms with E-state index >= 15 is 0 Å². The highest BCUT2D eigenvalue weighted by atomic mass is 127. The van der Waals surface area contributed by atoms with Gasteiger partial charge in [-0.1, -0.05) is 24.8 Å². The molecule has 0 spiro atoms. The van der Waals surface area contributed by atoms with Gasteiger partial charge < -0.3 is 5.11 Å². The molecule has 0 aliphatic carbocycles. The predicted octanol–water partition coefficient (Wildman–Crippen LogP) is 3.64. The quantitative estimate of drug-likeness (QED) is 0.683. The Morgan fingerprint density at radius 1 is 1.53 bits per heavy atom. The van der Waals surface area contributed by atoms with Crippen LogP contribution in [-0.4, -0.2) is 8.90 Å². The molecule has 0 aromatic heterocycles. The third kappa shape index (κ3) is 2.47. The summed E-state index contributed by atoms with van der Waals surface area (Å²) in [5, 5.41) is 9.48. The van der Waals surface area contributed by atoms with Crippen LogP contribution in [0.2, 0.25) is 0 Å². The van der Waals surface area contributed by atoms with Crippen molar-refractivity contribution >= 4 is 38.0 Å². The summed E-state index contributed by atoms with van der Waals surface area (Å²) in [5.41, 5.74) is 2.60. The summed E-state index contributed by atoms with van der Waals surface area (Å²) in [6.07, 6.45) is 1.55. The molecule has 1 rings (SSSR count). The highest BCUT2D eigenvalue weighted by Gasteiger charge is 2.14. The minimum Gasteiger partial charge on any atom is -0.508 e. The average Bonchev–Trinajstić information content (AvgIpc) is 2.15. The van der Waals surface area contributed by atoms with E-state index in [9.17, 15) is 9.90 Å². The molecule has 0 bridgehead atoms. The zero-order valence-electron chi connectivity index (χ0n) is 8.38. The first-order valence-corrected chi connectivity index (χ1v) is 5.40. The van der Waals surface area contributed by atoms with Crippen molar-refractivity contribution in [3.8, 4) is 5.75 Å². The second-order valence-corrected chi connectivity index (χ2v) is 4.20. The smallest absolute Gasteiger partial charge is 0.223 e. The molecule has 0 heterocycles. The lowest BCUT2D eigenvalue weighted by Gasteiger charge is -2.10. The van der Waals surface area contributed by atoms with Gasteiger partial charge in [-0.05, 0) is 30.2 Å². The van der Waals surface area contributed by atoms with Crippen LogP contribution in [0.3, 0.4) is 0 Å². The molecule has 78 valence electrons. The number of allylic oxidation sites excluding steroid dienone is 1. The molecule has 0 saturated carbocycles. The fourth-order valence-electron chi connectivity index (χ4n) is 1.37. The minimum absolute atomic E-state index is 0.0829. The van der Waals surface area contributed by atoms with Crippen molar-refractivity contribution in [3.05, 3.63) is 42.0 Å². The number of phenols is 1. The molecule has 0 fully saturated rings. The van der Waals surface area contributed by atoms with Gasteiger partial charge in [0.1, 0.15) is 5.75 Å². The summed E-state index contributed by atoms with van der Waals surface area (Å²) in [6, 6.07) is 3.06. The zero-order valence-corrected chi connectivity index (χ0v) is 10.5. The van der Waals surface area contributed by atoms with Gasteiger partial charge in [0.05, 0.1) is 0 Å². The third-order valence-electron chi connectivity index (χ3n) is 2.03. The number of hydrogen-bond acceptors (Lipinski definition) is 2. The summed E-state index contributed by atoms with van der Waals surface area (Å²) in [5.74, 6) is 0.115. The first-order valence-electron chi connectivity index (χ1n) is 4.32. The van der Waals surface area contributed by atoms with Crippen LogP contribution in [0.1, 0.15) is 28.4 Å². The van der Waals surface area contributed by atoms with Gasteiger partial charge in [0.15, 0.2) is 0 Å². The van der Waals surface area contributed by atoms with Crippen LogP contribution >= 0.6 is 22.6 Å². The van der Waals surface area contributed by atoms with E-state index in [4.69, 9.17) is 0 Å². The molecule has 1 N–H and O–H groups in total. The van der Waals surface area contributed by atoms with Crippen LogP contribution in [-0.2, 0) is 0 Å². The highest BCUT2D eigenvalue weighted by molar-refractivity contribution is 14.1. The maximum Gasteiger partial charge on any atom is 0.223 e. The van der Waals surface area contributed by atoms with E-state index in [-0.39, 0.29) is 9.54 Å². The van der Waals surface area contributed by atoms with Gasteiger partial charge in [0.2, 0.25) is 3.79 Å². The molecule has 0 atom stereocenters. The Bertz CT molecular complexity index is 447. The number of carbonyl (C=O) groups is 1. The maximum absolute atomic E-state index is 11.5. The fourth-order valence-corrected chi connectivity index (χ4v) is 1.97. The van der Waals surface area contributed by atoms with E-state index in [0.717, 1.165) is 5.57 Å². The zero-order chi connectivity index (χ0) is 11.6. The van der Waals surface area contributed by atoms with Crippen LogP contribution < -0.4 is 0 Å². The molecular formula is C12H11IO2. The van der Waals surface area contributed by atoms with Crippen molar-refractivity contribution in [1.29, 1.82) is 0 Å². The molecule has 0 saturated heterocycles. The van der Waals surface area contributed by atoms with Gasteiger partial charge in [-0.25, -0.2) is 0 Å². The molecule has 0 aliphatic heterocycles. The van der Waals surface area contributed by atoms with Crippen molar-refractivity contribution in [2.75, 3.05) is 0 Å². The van der Waals surface area contributed by atoms with Gasteiger partial charge in [-0.15, -0.1) is 0 Å². The summed E-state index contributed by atoms with van der Waals surface area (Å²) in [6.45, 7) is 9.20. The number of phenolic OH excluding ortho intramolecular Hbond substituents is 1. The van der Waals surface area contributed by atoms with Crippen LogP contribution in [0.25, 0.3) is 11.6 Å². The SMILES string of the molecule is C=Cc1cc(O)cc(C(=C)C)c1C(=O)I. The van der Waals surface area contributed by atoms with Gasteiger partial charge in [0, 0.05) is 28.2 Å². The number of hydrogen-bond donors (Lipinski definition) is 1. The average molecular weight is 314 g/mol. The molecule has 0 unspecified atom stereocenters. The molecule has 1 aromatic rings. The van der Waals surface area contributed by atoms with Gasteiger partial charge in [-0.3, -0.25) is 4.79 Å². The van der Waals surface area contributed by atoms with Crippen molar-refractivity contribution in [3.63, 3.8) is 0 Å². The van der Waals surface area contributed by atoms with Gasteiger partial charge in [-0.2, -0.15) is 0 Å². The standard InChI is InChI=1S/C12H11IO2/c1-4-8-5-9(14)6-10(7(2)3)11(8)12(13)15/h4-6,14H,1-2H2,3H3. The lowest BCUT2D eigenvalue weighted by atomic mass is 9.97. The molecular weight excluding hydrogens is 303 g/mol. The molecule has 0 aliphatic rings. The topological polar surface area (TPSA) is 37.3 Å². The monoisotopic (exact) mass is 314 g/mol. The lowest BCUT2D eigenvalue weighted by molar-refractivity contribution is 0.110. The highest BCUT2D eigenvalue weighted by Crippen LogP contribution is 2.29. The molecule has 0 amide bonds. The number of benzene rings is 1. The Morgan fingerprint density at radius 3 is 2.53 bits per heavy atom. The Morgan fingerprint density at radius 2 is 2.13 bits per heavy atom. The van der Waals surface area contributed by atoms with Crippen molar-refractivity contribution in [2.24, 2.45) is 0 Å². The number of aromatic hydroxyl groups is 1. The number of carbonyl (C=O) groups excluding carboxylic acids is 1. The lowest BCUT2D eigenvalue weighted by Crippen LogP contribution is -1.98. The summed E-state index contributed by atoms with van der Waals surface area (Å²) in [7, 11) is 0. The van der Waals surface area contributed by atoms with Gasteiger partial charge >= 0.3 is 0 Å². The van der Waals surface area contributed by atoms with Crippen LogP contribution in [0.15, 0.2) is 25.3 Å². The van der Waals surface area contributed by atoms with Gasteiger partial charge in [0.25, 0.3) is 0 Å². The van der Waals surface area contributed by atoms with E-state index in [1.54, 1.807) is 41.7 Å². The van der Waals surface area contributed by atoms with E-state index in [2.05, 4.69) is 13.2 Å². The second-order valence-electron chi connectivity index (χ2n) is 3.22. The van der Waals surface area contributed by atoms with E-state index in [0.29, 0.717) is 16.7 Å². The Balaban J connectivity index is 3.61. The fraction of sp³-hybridized carbons (Fsp3) is 0.0833. The molecule has 15 heavy (non-hydrogen) atoms. The minimum atomic E-state index is -0.0829. The Kier molecular flexibility index (Phi) is 3.68. The first-order chi connectivity index (χ1) is 6.97. The van der Waals surface area contributed by atoms with Crippen LogP contribution in [0.5, 0.6) is 5.75 Å². The summed E-state index contributed by atoms with van der Waals surface area (Å²) >= 11 is 1.72. The number of halogens is 1. The molecule has 2 nitrogen and oxygen atoms in total. The van der Waals surface area contributed by atoms with Crippen molar-refractivity contribution in [1.82, 2.24) is 0 Å². The third-order valence-corrected chi connectivity index (χ3v) is 2.57. The number of rotatable bonds is 3. The Labute approximate surface area is 102 Å². The maximum atomic E-state index is 11.5. The normalized spacial score (nSPS) is 9.73. The van der Waals surface area contributed by atoms with Crippen molar-refractivity contribution in [2.45, 2.75) is 6.92 Å². The first kappa shape index (κ1) is 12.0. The van der Waals surface area contributed by atoms with Crippen molar-refractivity contribution < 1.29 is 9.90 Å². The summed E-state index contributed by atoms with van der Waals surface area (Å²) < 4.78 is -0.0829. The molecule has 0 radical (unpaired) electrons. The molecule has 3 heteroatoms. The predicted molar refractivity (Wildman–Crippen MR) is 71.3 cm³/mol. The van der Waals surface area contributed by atoms with Crippen LogP contribution in [0.4, 0.5) is 0 Å². The largest absolute Gasteiger partial charge is 0.508 e. The van der Waals surface area contributed by atoms with E-state index in [1.807, 2.05) is 0 Å². The summed E-state index contributed by atoms with van der Waals surface area (Å²) in [4.78, 5) is 11.5. The van der Waals surface area contributed by atoms with E-state index in [1.165, 1.54) is 6.07 Å². The van der Waals surface area contributed by atoms with Crippen LogP contribution in [0, 0.1) is 0 Å². The second kappa shape index (κ2) is 4.61. The van der Waals surface area contributed by atoms with E-state index < -0.39 is 0 Å².